The van der Waals surface area contributed by atoms with Gasteiger partial charge < -0.3 is 19.2 Å². The third-order valence-corrected chi connectivity index (χ3v) is 3.51. The van der Waals surface area contributed by atoms with E-state index < -0.39 is 5.60 Å². The van der Waals surface area contributed by atoms with E-state index in [9.17, 15) is 9.90 Å². The van der Waals surface area contributed by atoms with Crippen LogP contribution in [0.4, 0.5) is 0 Å². The number of nitrogens with zero attached hydrogens (tertiary/aromatic N) is 1. The maximum atomic E-state index is 12.0. The molecule has 1 N–H and O–H groups in total. The van der Waals surface area contributed by atoms with Crippen molar-refractivity contribution in [1.29, 1.82) is 0 Å². The number of rotatable bonds is 3. The number of halogens is 1. The summed E-state index contributed by atoms with van der Waals surface area (Å²) in [6, 6.07) is 3.28. The molecule has 6 heteroatoms. The standard InChI is InChI=1S/C12H16BrNO4/c1-14(8-12(16)4-6-17-7-5-12)11(15)9-2-3-10(13)18-9/h2-3,16H,4-8H2,1H3. The Morgan fingerprint density at radius 3 is 2.72 bits per heavy atom. The zero-order chi connectivity index (χ0) is 13.2. The molecule has 1 aromatic rings. The van der Waals surface area contributed by atoms with Gasteiger partial charge in [0, 0.05) is 39.6 Å². The summed E-state index contributed by atoms with van der Waals surface area (Å²) in [6.07, 6.45) is 1.10. The van der Waals surface area contributed by atoms with Crippen LogP contribution in [0.3, 0.4) is 0 Å². The normalized spacial score (nSPS) is 18.6. The predicted molar refractivity (Wildman–Crippen MR) is 68.4 cm³/mol. The third kappa shape index (κ3) is 3.13. The van der Waals surface area contributed by atoms with Gasteiger partial charge in [0.15, 0.2) is 10.4 Å². The summed E-state index contributed by atoms with van der Waals surface area (Å²) in [6.45, 7) is 1.35. The summed E-state index contributed by atoms with van der Waals surface area (Å²) >= 11 is 3.16. The Morgan fingerprint density at radius 1 is 1.50 bits per heavy atom. The monoisotopic (exact) mass is 317 g/mol. The highest BCUT2D eigenvalue weighted by Gasteiger charge is 2.33. The van der Waals surface area contributed by atoms with Crippen molar-refractivity contribution < 1.29 is 19.1 Å². The van der Waals surface area contributed by atoms with Crippen molar-refractivity contribution in [1.82, 2.24) is 4.90 Å². The van der Waals surface area contributed by atoms with Crippen molar-refractivity contribution >= 4 is 21.8 Å². The second kappa shape index (κ2) is 5.42. The molecule has 1 amide bonds. The average molecular weight is 318 g/mol. The van der Waals surface area contributed by atoms with Crippen molar-refractivity contribution in [3.8, 4) is 0 Å². The second-order valence-electron chi connectivity index (χ2n) is 4.60. The highest BCUT2D eigenvalue weighted by atomic mass is 79.9. The number of hydrogen-bond donors (Lipinski definition) is 1. The molecule has 1 aliphatic heterocycles. The molecular weight excluding hydrogens is 302 g/mol. The minimum Gasteiger partial charge on any atom is -0.444 e. The zero-order valence-electron chi connectivity index (χ0n) is 10.2. The van der Waals surface area contributed by atoms with Crippen LogP contribution in [0.1, 0.15) is 23.4 Å². The van der Waals surface area contributed by atoms with Gasteiger partial charge in [-0.05, 0) is 28.1 Å². The lowest BCUT2D eigenvalue weighted by atomic mass is 9.94. The molecule has 1 saturated heterocycles. The van der Waals surface area contributed by atoms with Gasteiger partial charge in [-0.1, -0.05) is 0 Å². The van der Waals surface area contributed by atoms with Crippen molar-refractivity contribution in [2.24, 2.45) is 0 Å². The van der Waals surface area contributed by atoms with Crippen LogP contribution in [0.5, 0.6) is 0 Å². The molecule has 18 heavy (non-hydrogen) atoms. The largest absolute Gasteiger partial charge is 0.444 e. The van der Waals surface area contributed by atoms with Crippen LogP contribution in [0.25, 0.3) is 0 Å². The number of likely N-dealkylation sites (N-methyl/N-ethyl adjacent to an activating group) is 1. The van der Waals surface area contributed by atoms with Crippen molar-refractivity contribution in [3.63, 3.8) is 0 Å². The van der Waals surface area contributed by atoms with E-state index in [0.717, 1.165) is 0 Å². The van der Waals surface area contributed by atoms with Gasteiger partial charge in [0.1, 0.15) is 0 Å². The predicted octanol–water partition coefficient (Wildman–Crippen LogP) is 1.66. The molecule has 0 spiro atoms. The molecule has 0 unspecified atom stereocenters. The van der Waals surface area contributed by atoms with Crippen molar-refractivity contribution in [2.45, 2.75) is 18.4 Å². The van der Waals surface area contributed by atoms with Crippen LogP contribution in [0.15, 0.2) is 21.2 Å². The maximum absolute atomic E-state index is 12.0. The molecular formula is C12H16BrNO4. The summed E-state index contributed by atoms with van der Waals surface area (Å²) in [5.41, 5.74) is -0.855. The first kappa shape index (κ1) is 13.6. The Kier molecular flexibility index (Phi) is 4.09. The molecule has 100 valence electrons. The Labute approximate surface area is 114 Å². The lowest BCUT2D eigenvalue weighted by Crippen LogP contribution is -2.47. The molecule has 1 aliphatic rings. The topological polar surface area (TPSA) is 62.9 Å². The SMILES string of the molecule is CN(CC1(O)CCOCC1)C(=O)c1ccc(Br)o1. The molecule has 2 rings (SSSR count). The van der Waals surface area contributed by atoms with Crippen LogP contribution in [0, 0.1) is 0 Å². The molecule has 0 atom stereocenters. The summed E-state index contributed by atoms with van der Waals surface area (Å²) in [5.74, 6) is 0.0284. The highest BCUT2D eigenvalue weighted by molar-refractivity contribution is 9.10. The highest BCUT2D eigenvalue weighted by Crippen LogP contribution is 2.22. The van der Waals surface area contributed by atoms with Crippen molar-refractivity contribution in [3.05, 3.63) is 22.6 Å². The molecule has 1 aromatic heterocycles. The number of amides is 1. The molecule has 0 aromatic carbocycles. The molecule has 0 aliphatic carbocycles. The van der Waals surface area contributed by atoms with E-state index in [2.05, 4.69) is 15.9 Å². The van der Waals surface area contributed by atoms with E-state index in [0.29, 0.717) is 30.7 Å². The zero-order valence-corrected chi connectivity index (χ0v) is 11.8. The van der Waals surface area contributed by atoms with Crippen LogP contribution in [-0.2, 0) is 4.74 Å². The van der Waals surface area contributed by atoms with Crippen molar-refractivity contribution in [2.75, 3.05) is 26.8 Å². The summed E-state index contributed by atoms with van der Waals surface area (Å²) in [4.78, 5) is 13.5. The fourth-order valence-corrected chi connectivity index (χ4v) is 2.35. The van der Waals surface area contributed by atoms with Gasteiger partial charge >= 0.3 is 0 Å². The maximum Gasteiger partial charge on any atom is 0.289 e. The quantitative estimate of drug-likeness (QED) is 0.921. The first-order chi connectivity index (χ1) is 8.50. The van der Waals surface area contributed by atoms with E-state index in [1.54, 1.807) is 19.2 Å². The third-order valence-electron chi connectivity index (χ3n) is 3.09. The van der Waals surface area contributed by atoms with Gasteiger partial charge in [0.2, 0.25) is 0 Å². The van der Waals surface area contributed by atoms with Crippen LogP contribution >= 0.6 is 15.9 Å². The number of hydrogen-bond acceptors (Lipinski definition) is 4. The fraction of sp³-hybridized carbons (Fsp3) is 0.583. The van der Waals surface area contributed by atoms with Crippen LogP contribution in [-0.4, -0.2) is 48.3 Å². The molecule has 5 nitrogen and oxygen atoms in total. The number of aliphatic hydroxyl groups is 1. The number of carbonyl (C=O) groups excluding carboxylic acids is 1. The molecule has 0 radical (unpaired) electrons. The van der Waals surface area contributed by atoms with Gasteiger partial charge in [-0.2, -0.15) is 0 Å². The lowest BCUT2D eigenvalue weighted by molar-refractivity contribution is -0.0736. The number of carbonyl (C=O) groups is 1. The Bertz CT molecular complexity index is 425. The van der Waals surface area contributed by atoms with Gasteiger partial charge in [-0.15, -0.1) is 0 Å². The fourth-order valence-electron chi connectivity index (χ4n) is 2.04. The molecule has 1 fully saturated rings. The van der Waals surface area contributed by atoms with E-state index in [1.165, 1.54) is 4.90 Å². The minimum atomic E-state index is -0.855. The Balaban J connectivity index is 1.98. The number of furan rings is 1. The van der Waals surface area contributed by atoms with Gasteiger partial charge in [-0.25, -0.2) is 0 Å². The molecule has 0 bridgehead atoms. The molecule has 2 heterocycles. The first-order valence-electron chi connectivity index (χ1n) is 5.81. The molecule has 0 saturated carbocycles. The van der Waals surface area contributed by atoms with Crippen LogP contribution < -0.4 is 0 Å². The first-order valence-corrected chi connectivity index (χ1v) is 6.60. The number of ether oxygens (including phenoxy) is 1. The second-order valence-corrected chi connectivity index (χ2v) is 5.38. The van der Waals surface area contributed by atoms with E-state index >= 15 is 0 Å². The Hall–Kier alpha value is -0.850. The van der Waals surface area contributed by atoms with E-state index in [-0.39, 0.29) is 18.2 Å². The summed E-state index contributed by atoms with van der Waals surface area (Å²) in [5, 5.41) is 10.3. The Morgan fingerprint density at radius 2 is 2.17 bits per heavy atom. The van der Waals surface area contributed by atoms with Crippen LogP contribution in [0.2, 0.25) is 0 Å². The lowest BCUT2D eigenvalue weighted by Gasteiger charge is -2.35. The van der Waals surface area contributed by atoms with Gasteiger partial charge in [-0.3, -0.25) is 4.79 Å². The smallest absolute Gasteiger partial charge is 0.289 e. The van der Waals surface area contributed by atoms with E-state index in [4.69, 9.17) is 9.15 Å². The summed E-state index contributed by atoms with van der Waals surface area (Å²) in [7, 11) is 1.66. The summed E-state index contributed by atoms with van der Waals surface area (Å²) < 4.78 is 10.9. The minimum absolute atomic E-state index is 0.236. The average Bonchev–Trinajstić information content (AvgIpc) is 2.75. The van der Waals surface area contributed by atoms with E-state index in [1.807, 2.05) is 0 Å². The van der Waals surface area contributed by atoms with Gasteiger partial charge in [0.05, 0.1) is 5.60 Å². The van der Waals surface area contributed by atoms with Gasteiger partial charge in [0.25, 0.3) is 5.91 Å².